The van der Waals surface area contributed by atoms with Crippen LogP contribution in [0.4, 0.5) is 5.69 Å². The molecule has 7 heteroatoms. The second kappa shape index (κ2) is 9.19. The fourth-order valence-corrected chi connectivity index (χ4v) is 2.60. The highest BCUT2D eigenvalue weighted by atomic mass is 35.5. The van der Waals surface area contributed by atoms with E-state index >= 15 is 0 Å². The number of rotatable bonds is 6. The van der Waals surface area contributed by atoms with E-state index in [1.165, 1.54) is 6.21 Å². The number of aromatic hydroxyl groups is 1. The SMILES string of the molecule is Cc1ccc(NC(=O)CCC(=O)NN=Cc2cc(C)c(O)c(C)c2)cc1Cl. The normalized spacial score (nSPS) is 10.8. The van der Waals surface area contributed by atoms with E-state index in [1.54, 1.807) is 38.1 Å². The number of aryl methyl sites for hydroxylation is 3. The summed E-state index contributed by atoms with van der Waals surface area (Å²) in [5.74, 6) is -0.397. The molecule has 0 aliphatic heterocycles. The second-order valence-corrected chi connectivity index (χ2v) is 6.72. The molecule has 0 aliphatic carbocycles. The van der Waals surface area contributed by atoms with Gasteiger partial charge in [0.05, 0.1) is 6.21 Å². The van der Waals surface area contributed by atoms with Crippen LogP contribution in [-0.4, -0.2) is 23.1 Å². The first-order valence-corrected chi connectivity index (χ1v) is 8.82. The van der Waals surface area contributed by atoms with Crippen molar-refractivity contribution in [1.82, 2.24) is 5.43 Å². The van der Waals surface area contributed by atoms with Gasteiger partial charge < -0.3 is 10.4 Å². The smallest absolute Gasteiger partial charge is 0.240 e. The first-order chi connectivity index (χ1) is 12.8. The molecule has 0 unspecified atom stereocenters. The lowest BCUT2D eigenvalue weighted by atomic mass is 10.1. The third-order valence-electron chi connectivity index (χ3n) is 3.95. The van der Waals surface area contributed by atoms with Crippen molar-refractivity contribution in [2.24, 2.45) is 5.10 Å². The van der Waals surface area contributed by atoms with Gasteiger partial charge in [0.25, 0.3) is 0 Å². The lowest BCUT2D eigenvalue weighted by molar-refractivity contribution is -0.124. The Kier molecular flexibility index (Phi) is 6.96. The number of anilines is 1. The fraction of sp³-hybridized carbons (Fsp3) is 0.250. The van der Waals surface area contributed by atoms with Crippen LogP contribution in [0.1, 0.15) is 35.1 Å². The number of hydrogen-bond donors (Lipinski definition) is 3. The van der Waals surface area contributed by atoms with Gasteiger partial charge in [-0.25, -0.2) is 5.43 Å². The quantitative estimate of drug-likeness (QED) is 0.519. The molecule has 0 saturated heterocycles. The molecule has 2 rings (SSSR count). The monoisotopic (exact) mass is 387 g/mol. The van der Waals surface area contributed by atoms with Crippen LogP contribution in [0.25, 0.3) is 0 Å². The highest BCUT2D eigenvalue weighted by molar-refractivity contribution is 6.31. The highest BCUT2D eigenvalue weighted by Crippen LogP contribution is 2.22. The van der Waals surface area contributed by atoms with Gasteiger partial charge in [0.1, 0.15) is 5.75 Å². The molecule has 0 radical (unpaired) electrons. The van der Waals surface area contributed by atoms with E-state index in [4.69, 9.17) is 11.6 Å². The predicted octanol–water partition coefficient (Wildman–Crippen LogP) is 3.84. The number of hydrazone groups is 1. The summed E-state index contributed by atoms with van der Waals surface area (Å²) in [6.07, 6.45) is 1.53. The summed E-state index contributed by atoms with van der Waals surface area (Å²) in [7, 11) is 0. The maximum absolute atomic E-state index is 11.9. The van der Waals surface area contributed by atoms with Crippen LogP contribution in [0.5, 0.6) is 5.75 Å². The molecule has 0 aliphatic rings. The maximum Gasteiger partial charge on any atom is 0.240 e. The van der Waals surface area contributed by atoms with E-state index in [0.717, 1.165) is 22.3 Å². The fourth-order valence-electron chi connectivity index (χ4n) is 2.42. The molecule has 3 N–H and O–H groups in total. The molecule has 27 heavy (non-hydrogen) atoms. The zero-order chi connectivity index (χ0) is 20.0. The molecular weight excluding hydrogens is 366 g/mol. The number of nitrogens with one attached hydrogen (secondary N) is 2. The average molecular weight is 388 g/mol. The molecule has 2 aromatic rings. The van der Waals surface area contributed by atoms with Crippen LogP contribution in [0, 0.1) is 20.8 Å². The third kappa shape index (κ3) is 6.11. The average Bonchev–Trinajstić information content (AvgIpc) is 2.61. The van der Waals surface area contributed by atoms with Crippen molar-refractivity contribution in [3.63, 3.8) is 0 Å². The molecule has 6 nitrogen and oxygen atoms in total. The Hall–Kier alpha value is -2.86. The van der Waals surface area contributed by atoms with Crippen LogP contribution < -0.4 is 10.7 Å². The van der Waals surface area contributed by atoms with Crippen molar-refractivity contribution in [2.75, 3.05) is 5.32 Å². The molecule has 0 aromatic heterocycles. The van der Waals surface area contributed by atoms with Gasteiger partial charge in [0.15, 0.2) is 0 Å². The van der Waals surface area contributed by atoms with Crippen LogP contribution in [0.15, 0.2) is 35.4 Å². The van der Waals surface area contributed by atoms with Gasteiger partial charge in [-0.3, -0.25) is 9.59 Å². The lowest BCUT2D eigenvalue weighted by Crippen LogP contribution is -2.20. The van der Waals surface area contributed by atoms with E-state index in [9.17, 15) is 14.7 Å². The number of amides is 2. The summed E-state index contributed by atoms with van der Waals surface area (Å²) in [4.78, 5) is 23.7. The van der Waals surface area contributed by atoms with Gasteiger partial charge in [0.2, 0.25) is 11.8 Å². The van der Waals surface area contributed by atoms with Crippen LogP contribution in [0.2, 0.25) is 5.02 Å². The summed E-state index contributed by atoms with van der Waals surface area (Å²) < 4.78 is 0. The van der Waals surface area contributed by atoms with Crippen molar-refractivity contribution in [3.05, 3.63) is 57.6 Å². The van der Waals surface area contributed by atoms with E-state index in [0.29, 0.717) is 10.7 Å². The third-order valence-corrected chi connectivity index (χ3v) is 4.36. The van der Waals surface area contributed by atoms with Gasteiger partial charge in [-0.05, 0) is 67.3 Å². The summed E-state index contributed by atoms with van der Waals surface area (Å²) >= 11 is 6.02. The van der Waals surface area contributed by atoms with Crippen molar-refractivity contribution in [1.29, 1.82) is 0 Å². The van der Waals surface area contributed by atoms with Crippen LogP contribution in [0.3, 0.4) is 0 Å². The molecule has 0 spiro atoms. The molecular formula is C20H22ClN3O3. The topological polar surface area (TPSA) is 90.8 Å². The standard InChI is InChI=1S/C20H22ClN3O3/c1-12-4-5-16(10-17(12)21)23-18(25)6-7-19(26)24-22-11-15-8-13(2)20(27)14(3)9-15/h4-5,8-11,27H,6-7H2,1-3H3,(H,23,25)(H,24,26). The highest BCUT2D eigenvalue weighted by Gasteiger charge is 2.08. The minimum atomic E-state index is -0.365. The van der Waals surface area contributed by atoms with Crippen LogP contribution in [-0.2, 0) is 9.59 Å². The van der Waals surface area contributed by atoms with Crippen molar-refractivity contribution in [3.8, 4) is 5.75 Å². The zero-order valence-corrected chi connectivity index (χ0v) is 16.2. The largest absolute Gasteiger partial charge is 0.507 e. The number of carbonyl (C=O) groups is 2. The summed E-state index contributed by atoms with van der Waals surface area (Å²) in [5, 5.41) is 16.9. The van der Waals surface area contributed by atoms with Crippen LogP contribution >= 0.6 is 11.6 Å². The first-order valence-electron chi connectivity index (χ1n) is 8.44. The van der Waals surface area contributed by atoms with Crippen molar-refractivity contribution in [2.45, 2.75) is 33.6 Å². The van der Waals surface area contributed by atoms with E-state index in [2.05, 4.69) is 15.8 Å². The number of nitrogens with zero attached hydrogens (tertiary/aromatic N) is 1. The molecule has 2 amide bonds. The van der Waals surface area contributed by atoms with E-state index < -0.39 is 0 Å². The second-order valence-electron chi connectivity index (χ2n) is 6.31. The number of halogens is 1. The summed E-state index contributed by atoms with van der Waals surface area (Å²) in [6.45, 7) is 5.45. The molecule has 142 valence electrons. The number of benzene rings is 2. The molecule has 0 bridgehead atoms. The Labute approximate surface area is 163 Å². The lowest BCUT2D eigenvalue weighted by Gasteiger charge is -2.06. The number of hydrogen-bond acceptors (Lipinski definition) is 4. The number of phenolic OH excluding ortho intramolecular Hbond substituents is 1. The Balaban J connectivity index is 1.80. The molecule has 0 fully saturated rings. The minimum absolute atomic E-state index is 0.0103. The van der Waals surface area contributed by atoms with E-state index in [-0.39, 0.29) is 30.4 Å². The Bertz CT molecular complexity index is 871. The zero-order valence-electron chi connectivity index (χ0n) is 15.5. The minimum Gasteiger partial charge on any atom is -0.507 e. The van der Waals surface area contributed by atoms with Gasteiger partial charge >= 0.3 is 0 Å². The van der Waals surface area contributed by atoms with Gasteiger partial charge in [-0.1, -0.05) is 17.7 Å². The van der Waals surface area contributed by atoms with Gasteiger partial charge in [-0.2, -0.15) is 5.10 Å². The first kappa shape index (κ1) is 20.5. The Morgan fingerprint density at radius 3 is 2.30 bits per heavy atom. The molecule has 0 saturated carbocycles. The summed E-state index contributed by atoms with van der Waals surface area (Å²) in [6, 6.07) is 8.76. The van der Waals surface area contributed by atoms with Crippen molar-refractivity contribution >= 4 is 35.3 Å². The maximum atomic E-state index is 11.9. The summed E-state index contributed by atoms with van der Waals surface area (Å²) in [5.41, 5.74) is 6.12. The molecule has 0 atom stereocenters. The van der Waals surface area contributed by atoms with Gasteiger partial charge in [-0.15, -0.1) is 0 Å². The predicted molar refractivity (Wildman–Crippen MR) is 107 cm³/mol. The molecule has 0 heterocycles. The Morgan fingerprint density at radius 1 is 1.04 bits per heavy atom. The Morgan fingerprint density at radius 2 is 1.67 bits per heavy atom. The molecule has 2 aromatic carbocycles. The number of carbonyl (C=O) groups excluding carboxylic acids is 2. The van der Waals surface area contributed by atoms with Gasteiger partial charge in [0, 0.05) is 23.6 Å². The van der Waals surface area contributed by atoms with Crippen molar-refractivity contribution < 1.29 is 14.7 Å². The number of phenols is 1. The van der Waals surface area contributed by atoms with E-state index in [1.807, 2.05) is 13.0 Å².